The van der Waals surface area contributed by atoms with E-state index in [4.69, 9.17) is 0 Å². The first-order chi connectivity index (χ1) is 26.8. The monoisotopic (exact) mass is 705 g/mol. The van der Waals surface area contributed by atoms with Crippen LogP contribution in [0.25, 0.3) is 75.5 Å². The molecule has 0 saturated heterocycles. The number of hydrogen-bond donors (Lipinski definition) is 0. The third kappa shape index (κ3) is 5.65. The van der Waals surface area contributed by atoms with E-state index in [0.717, 1.165) is 17.1 Å². The van der Waals surface area contributed by atoms with Gasteiger partial charge in [0.05, 0.1) is 11.4 Å². The van der Waals surface area contributed by atoms with Crippen LogP contribution in [0.1, 0.15) is 0 Å². The van der Waals surface area contributed by atoms with Crippen LogP contribution in [-0.2, 0) is 0 Å². The van der Waals surface area contributed by atoms with Gasteiger partial charge in [-0.3, -0.25) is 0 Å². The number of fused-ring (bicyclic) bond motifs is 4. The number of nitrogens with zero attached hydrogens (tertiary/aromatic N) is 1. The fourth-order valence-corrected chi connectivity index (χ4v) is 9.19. The molecule has 10 rings (SSSR count). The van der Waals surface area contributed by atoms with Gasteiger partial charge < -0.3 is 4.90 Å². The molecule has 0 aliphatic rings. The second-order valence-corrected chi connectivity index (χ2v) is 14.7. The summed E-state index contributed by atoms with van der Waals surface area (Å²) in [5, 5.41) is 5.14. The van der Waals surface area contributed by atoms with E-state index in [-0.39, 0.29) is 0 Å². The second kappa shape index (κ2) is 13.7. The van der Waals surface area contributed by atoms with Crippen molar-refractivity contribution in [2.45, 2.75) is 0 Å². The van der Waals surface area contributed by atoms with E-state index in [1.54, 1.807) is 0 Å². The van der Waals surface area contributed by atoms with E-state index < -0.39 is 0 Å². The smallest absolute Gasteiger partial charge is 0.0540 e. The largest absolute Gasteiger partial charge is 0.309 e. The lowest BCUT2D eigenvalue weighted by atomic mass is 9.94. The van der Waals surface area contributed by atoms with Gasteiger partial charge in [0.15, 0.2) is 0 Å². The van der Waals surface area contributed by atoms with Crippen LogP contribution >= 0.6 is 11.3 Å². The standard InChI is InChI=1S/C52H35NS/c1-2-15-37(16-3-1)44-22-6-9-28-49(44)53(41-33-31-38(32-34-41)46-26-14-27-48-47-24-8-11-30-51(47)54-52(46)48)50-29-10-7-23-45(50)40-20-12-19-39(35-40)43-25-13-18-36-17-4-5-21-42(36)43/h1-35H. The van der Waals surface area contributed by atoms with Gasteiger partial charge in [-0.15, -0.1) is 11.3 Å². The number of rotatable bonds is 7. The summed E-state index contributed by atoms with van der Waals surface area (Å²) in [6.45, 7) is 0. The molecule has 0 atom stereocenters. The van der Waals surface area contributed by atoms with Gasteiger partial charge in [0.25, 0.3) is 0 Å². The minimum atomic E-state index is 1.10. The van der Waals surface area contributed by atoms with Crippen LogP contribution < -0.4 is 4.90 Å². The summed E-state index contributed by atoms with van der Waals surface area (Å²) in [6, 6.07) is 77.1. The van der Waals surface area contributed by atoms with Crippen molar-refractivity contribution in [1.82, 2.24) is 0 Å². The molecular formula is C52H35NS. The van der Waals surface area contributed by atoms with Gasteiger partial charge in [0.2, 0.25) is 0 Å². The van der Waals surface area contributed by atoms with Crippen LogP contribution in [0.2, 0.25) is 0 Å². The van der Waals surface area contributed by atoms with Gasteiger partial charge in [-0.25, -0.2) is 0 Å². The lowest BCUT2D eigenvalue weighted by Gasteiger charge is -2.30. The van der Waals surface area contributed by atoms with E-state index >= 15 is 0 Å². The highest BCUT2D eigenvalue weighted by atomic mass is 32.1. The molecule has 0 N–H and O–H groups in total. The molecule has 1 heterocycles. The average molecular weight is 706 g/mol. The number of benzene rings is 9. The summed E-state index contributed by atoms with van der Waals surface area (Å²) in [5.74, 6) is 0. The first kappa shape index (κ1) is 32.0. The molecule has 0 aliphatic heterocycles. The van der Waals surface area contributed by atoms with E-state index in [1.807, 2.05) is 11.3 Å². The van der Waals surface area contributed by atoms with Gasteiger partial charge in [0, 0.05) is 37.0 Å². The van der Waals surface area contributed by atoms with Gasteiger partial charge in [-0.05, 0) is 80.6 Å². The molecule has 0 aliphatic carbocycles. The van der Waals surface area contributed by atoms with E-state index in [2.05, 4.69) is 217 Å². The Balaban J connectivity index is 1.14. The molecule has 10 aromatic rings. The quantitative estimate of drug-likeness (QED) is 0.160. The molecule has 254 valence electrons. The summed E-state index contributed by atoms with van der Waals surface area (Å²) in [6.07, 6.45) is 0. The zero-order valence-electron chi connectivity index (χ0n) is 29.6. The predicted octanol–water partition coefficient (Wildman–Crippen LogP) is 15.3. The normalized spacial score (nSPS) is 11.3. The Morgan fingerprint density at radius 1 is 0.315 bits per heavy atom. The van der Waals surface area contributed by atoms with E-state index in [9.17, 15) is 0 Å². The maximum atomic E-state index is 2.44. The number of hydrogen-bond acceptors (Lipinski definition) is 2. The summed E-state index contributed by atoms with van der Waals surface area (Å²) in [4.78, 5) is 2.44. The first-order valence-electron chi connectivity index (χ1n) is 18.4. The van der Waals surface area contributed by atoms with Crippen molar-refractivity contribution in [2.24, 2.45) is 0 Å². The summed E-state index contributed by atoms with van der Waals surface area (Å²) < 4.78 is 2.65. The molecule has 54 heavy (non-hydrogen) atoms. The Labute approximate surface area is 319 Å². The molecule has 0 bridgehead atoms. The predicted molar refractivity (Wildman–Crippen MR) is 233 cm³/mol. The summed E-state index contributed by atoms with van der Waals surface area (Å²) >= 11 is 1.88. The lowest BCUT2D eigenvalue weighted by Crippen LogP contribution is -2.12. The molecular weight excluding hydrogens is 671 g/mol. The fourth-order valence-electron chi connectivity index (χ4n) is 7.95. The number of thiophene rings is 1. The van der Waals surface area contributed by atoms with Crippen molar-refractivity contribution in [1.29, 1.82) is 0 Å². The zero-order chi connectivity index (χ0) is 35.8. The van der Waals surface area contributed by atoms with Crippen molar-refractivity contribution in [3.05, 3.63) is 212 Å². The molecule has 1 nitrogen and oxygen atoms in total. The Morgan fingerprint density at radius 2 is 0.815 bits per heavy atom. The van der Waals surface area contributed by atoms with E-state index in [1.165, 1.54) is 75.5 Å². The van der Waals surface area contributed by atoms with Crippen LogP contribution in [-0.4, -0.2) is 0 Å². The van der Waals surface area contributed by atoms with Gasteiger partial charge in [-0.2, -0.15) is 0 Å². The molecule has 0 unspecified atom stereocenters. The molecule has 9 aromatic carbocycles. The van der Waals surface area contributed by atoms with E-state index in [0.29, 0.717) is 0 Å². The number of anilines is 3. The van der Waals surface area contributed by atoms with Crippen LogP contribution in [0.3, 0.4) is 0 Å². The van der Waals surface area contributed by atoms with Crippen LogP contribution in [0.15, 0.2) is 212 Å². The van der Waals surface area contributed by atoms with Crippen LogP contribution in [0.4, 0.5) is 17.1 Å². The SMILES string of the molecule is c1ccc(-c2ccccc2N(c2ccc(-c3cccc4c3sc3ccccc34)cc2)c2ccccc2-c2cccc(-c3cccc4ccccc34)c2)cc1. The third-order valence-electron chi connectivity index (χ3n) is 10.5. The highest BCUT2D eigenvalue weighted by Crippen LogP contribution is 2.46. The maximum Gasteiger partial charge on any atom is 0.0540 e. The Morgan fingerprint density at radius 3 is 1.61 bits per heavy atom. The lowest BCUT2D eigenvalue weighted by molar-refractivity contribution is 1.28. The third-order valence-corrected chi connectivity index (χ3v) is 11.7. The average Bonchev–Trinajstić information content (AvgIpc) is 3.64. The minimum Gasteiger partial charge on any atom is -0.309 e. The topological polar surface area (TPSA) is 3.24 Å². The fraction of sp³-hybridized carbons (Fsp3) is 0. The maximum absolute atomic E-state index is 2.44. The van der Waals surface area contributed by atoms with Crippen molar-refractivity contribution < 1.29 is 0 Å². The van der Waals surface area contributed by atoms with Gasteiger partial charge in [0.1, 0.15) is 0 Å². The molecule has 0 radical (unpaired) electrons. The molecule has 0 amide bonds. The molecule has 0 spiro atoms. The van der Waals surface area contributed by atoms with Gasteiger partial charge in [-0.1, -0.05) is 176 Å². The van der Waals surface area contributed by atoms with Crippen LogP contribution in [0.5, 0.6) is 0 Å². The summed E-state index contributed by atoms with van der Waals surface area (Å²) in [5.41, 5.74) is 13.0. The van der Waals surface area contributed by atoms with Crippen LogP contribution in [0, 0.1) is 0 Å². The first-order valence-corrected chi connectivity index (χ1v) is 19.2. The Kier molecular flexibility index (Phi) is 8.09. The van der Waals surface area contributed by atoms with Crippen molar-refractivity contribution in [3.8, 4) is 44.5 Å². The Bertz CT molecular complexity index is 2930. The Hall–Kier alpha value is -6.74. The molecule has 0 saturated carbocycles. The highest BCUT2D eigenvalue weighted by molar-refractivity contribution is 7.26. The number of para-hydroxylation sites is 2. The van der Waals surface area contributed by atoms with Crippen molar-refractivity contribution in [2.75, 3.05) is 4.90 Å². The highest BCUT2D eigenvalue weighted by Gasteiger charge is 2.21. The minimum absolute atomic E-state index is 1.10. The van der Waals surface area contributed by atoms with Crippen molar-refractivity contribution in [3.63, 3.8) is 0 Å². The zero-order valence-corrected chi connectivity index (χ0v) is 30.4. The molecule has 2 heteroatoms. The second-order valence-electron chi connectivity index (χ2n) is 13.7. The van der Waals surface area contributed by atoms with Gasteiger partial charge >= 0.3 is 0 Å². The summed E-state index contributed by atoms with van der Waals surface area (Å²) in [7, 11) is 0. The van der Waals surface area contributed by atoms with Crippen molar-refractivity contribution >= 4 is 59.3 Å². The molecule has 0 fully saturated rings. The molecule has 1 aromatic heterocycles.